The second-order valence-electron chi connectivity index (χ2n) is 3.56. The lowest BCUT2D eigenvalue weighted by molar-refractivity contribution is 0.179. The molecule has 1 fully saturated rings. The molecule has 1 saturated carbocycles. The highest BCUT2D eigenvalue weighted by Gasteiger charge is 2.43. The quantitative estimate of drug-likeness (QED) is 0.788. The van der Waals surface area contributed by atoms with Crippen LogP contribution in [0.4, 0.5) is 10.3 Å². The van der Waals surface area contributed by atoms with Gasteiger partial charge in [-0.2, -0.15) is 0 Å². The molecule has 1 aromatic rings. The largest absolute Gasteiger partial charge is 0.382 e. The molecule has 0 atom stereocenters. The third kappa shape index (κ3) is 1.98. The maximum absolute atomic E-state index is 12.5. The van der Waals surface area contributed by atoms with Gasteiger partial charge in [-0.05, 0) is 12.8 Å². The molecular weight excluding hydrogens is 185 g/mol. The van der Waals surface area contributed by atoms with Gasteiger partial charge in [-0.1, -0.05) is 0 Å². The molecule has 4 nitrogen and oxygen atoms in total. The fourth-order valence-corrected chi connectivity index (χ4v) is 1.35. The van der Waals surface area contributed by atoms with E-state index < -0.39 is 5.82 Å². The molecule has 2 rings (SSSR count). The van der Waals surface area contributed by atoms with Crippen molar-refractivity contribution < 1.29 is 9.13 Å². The van der Waals surface area contributed by atoms with Crippen molar-refractivity contribution in [3.05, 3.63) is 18.2 Å². The molecule has 1 aliphatic rings. The van der Waals surface area contributed by atoms with E-state index in [9.17, 15) is 4.39 Å². The average Bonchev–Trinajstić information content (AvgIpc) is 2.90. The molecule has 1 aromatic heterocycles. The zero-order chi connectivity index (χ0) is 10.0. The van der Waals surface area contributed by atoms with Crippen molar-refractivity contribution in [1.82, 2.24) is 9.97 Å². The van der Waals surface area contributed by atoms with Crippen molar-refractivity contribution in [2.75, 3.05) is 19.0 Å². The van der Waals surface area contributed by atoms with E-state index in [0.29, 0.717) is 12.6 Å². The first kappa shape index (κ1) is 9.33. The van der Waals surface area contributed by atoms with Gasteiger partial charge in [0.15, 0.2) is 5.82 Å². The number of nitrogens with zero attached hydrogens (tertiary/aromatic N) is 2. The highest BCUT2D eigenvalue weighted by molar-refractivity contribution is 5.32. The number of hydrogen-bond acceptors (Lipinski definition) is 4. The number of nitrogens with one attached hydrogen (secondary N) is 1. The van der Waals surface area contributed by atoms with Gasteiger partial charge in [0, 0.05) is 7.11 Å². The third-order valence-corrected chi connectivity index (χ3v) is 2.27. The van der Waals surface area contributed by atoms with E-state index in [4.69, 9.17) is 4.74 Å². The molecule has 76 valence electrons. The maximum Gasteiger partial charge on any atom is 0.223 e. The number of aromatic nitrogens is 2. The van der Waals surface area contributed by atoms with Crippen LogP contribution in [-0.4, -0.2) is 29.2 Å². The molecule has 0 saturated heterocycles. The molecule has 14 heavy (non-hydrogen) atoms. The predicted octanol–water partition coefficient (Wildman–Crippen LogP) is 1.21. The van der Waals surface area contributed by atoms with E-state index in [1.54, 1.807) is 7.11 Å². The number of methoxy groups -OCH3 is 1. The standard InChI is InChI=1S/C9H12FN3O/c1-14-6-9(2-3-9)13-8-11-4-7(10)5-12-8/h4-5H,2-3,6H2,1H3,(H,11,12,13). The fourth-order valence-electron chi connectivity index (χ4n) is 1.35. The molecule has 0 bridgehead atoms. The van der Waals surface area contributed by atoms with E-state index in [1.807, 2.05) is 0 Å². The Hall–Kier alpha value is -1.23. The van der Waals surface area contributed by atoms with Crippen LogP contribution in [0.15, 0.2) is 12.4 Å². The Morgan fingerprint density at radius 3 is 2.64 bits per heavy atom. The summed E-state index contributed by atoms with van der Waals surface area (Å²) in [7, 11) is 1.66. The van der Waals surface area contributed by atoms with E-state index >= 15 is 0 Å². The Balaban J connectivity index is 2.00. The SMILES string of the molecule is COCC1(Nc2ncc(F)cn2)CC1. The van der Waals surface area contributed by atoms with Gasteiger partial charge in [0.2, 0.25) is 5.95 Å². The Bertz CT molecular complexity index is 310. The first-order chi connectivity index (χ1) is 6.74. The summed E-state index contributed by atoms with van der Waals surface area (Å²) >= 11 is 0. The van der Waals surface area contributed by atoms with Crippen LogP contribution in [-0.2, 0) is 4.74 Å². The van der Waals surface area contributed by atoms with Gasteiger partial charge in [-0.15, -0.1) is 0 Å². The number of rotatable bonds is 4. The van der Waals surface area contributed by atoms with Gasteiger partial charge in [0.25, 0.3) is 0 Å². The number of hydrogen-bond donors (Lipinski definition) is 1. The molecule has 1 N–H and O–H groups in total. The summed E-state index contributed by atoms with van der Waals surface area (Å²) in [4.78, 5) is 7.67. The molecule has 0 unspecified atom stereocenters. The van der Waals surface area contributed by atoms with Gasteiger partial charge in [0.1, 0.15) is 0 Å². The summed E-state index contributed by atoms with van der Waals surface area (Å²) in [6, 6.07) is 0. The number of anilines is 1. The van der Waals surface area contributed by atoms with Crippen LogP contribution < -0.4 is 5.32 Å². The van der Waals surface area contributed by atoms with Crippen LogP contribution in [0, 0.1) is 5.82 Å². The molecule has 0 spiro atoms. The first-order valence-electron chi connectivity index (χ1n) is 4.49. The summed E-state index contributed by atoms with van der Waals surface area (Å²) in [5.41, 5.74) is -0.0213. The molecular formula is C9H12FN3O. The van der Waals surface area contributed by atoms with Crippen molar-refractivity contribution in [3.63, 3.8) is 0 Å². The molecule has 5 heteroatoms. The Morgan fingerprint density at radius 2 is 2.14 bits per heavy atom. The van der Waals surface area contributed by atoms with Crippen molar-refractivity contribution in [3.8, 4) is 0 Å². The Morgan fingerprint density at radius 1 is 1.50 bits per heavy atom. The third-order valence-electron chi connectivity index (χ3n) is 2.27. The topological polar surface area (TPSA) is 47.0 Å². The molecule has 0 aromatic carbocycles. The summed E-state index contributed by atoms with van der Waals surface area (Å²) < 4.78 is 17.6. The maximum atomic E-state index is 12.5. The van der Waals surface area contributed by atoms with Gasteiger partial charge >= 0.3 is 0 Å². The van der Waals surface area contributed by atoms with Gasteiger partial charge in [0.05, 0.1) is 24.5 Å². The zero-order valence-electron chi connectivity index (χ0n) is 7.96. The molecule has 0 aliphatic heterocycles. The highest BCUT2D eigenvalue weighted by atomic mass is 19.1. The van der Waals surface area contributed by atoms with E-state index in [-0.39, 0.29) is 5.54 Å². The van der Waals surface area contributed by atoms with Crippen molar-refractivity contribution in [1.29, 1.82) is 0 Å². The van der Waals surface area contributed by atoms with Crippen LogP contribution in [0.2, 0.25) is 0 Å². The van der Waals surface area contributed by atoms with E-state index in [1.165, 1.54) is 0 Å². The molecule has 0 radical (unpaired) electrons. The van der Waals surface area contributed by atoms with Crippen molar-refractivity contribution in [2.45, 2.75) is 18.4 Å². The van der Waals surface area contributed by atoms with Crippen LogP contribution in [0.5, 0.6) is 0 Å². The lowest BCUT2D eigenvalue weighted by Gasteiger charge is -2.15. The normalized spacial score (nSPS) is 17.9. The Labute approximate surface area is 81.5 Å². The minimum absolute atomic E-state index is 0.0213. The lowest BCUT2D eigenvalue weighted by atomic mass is 10.3. The summed E-state index contributed by atoms with van der Waals surface area (Å²) in [5, 5.41) is 3.14. The second kappa shape index (κ2) is 3.49. The van der Waals surface area contributed by atoms with Gasteiger partial charge in [-0.25, -0.2) is 14.4 Å². The van der Waals surface area contributed by atoms with Crippen LogP contribution in [0.3, 0.4) is 0 Å². The predicted molar refractivity (Wildman–Crippen MR) is 49.5 cm³/mol. The lowest BCUT2D eigenvalue weighted by Crippen LogP contribution is -2.27. The summed E-state index contributed by atoms with van der Waals surface area (Å²) in [6.07, 6.45) is 4.39. The minimum atomic E-state index is -0.424. The van der Waals surface area contributed by atoms with Crippen LogP contribution >= 0.6 is 0 Å². The Kier molecular flexibility index (Phi) is 2.33. The minimum Gasteiger partial charge on any atom is -0.382 e. The number of ether oxygens (including phenoxy) is 1. The van der Waals surface area contributed by atoms with E-state index in [0.717, 1.165) is 25.2 Å². The molecule has 1 heterocycles. The zero-order valence-corrected chi connectivity index (χ0v) is 7.96. The summed E-state index contributed by atoms with van der Waals surface area (Å²) in [6.45, 7) is 0.633. The monoisotopic (exact) mass is 197 g/mol. The molecule has 1 aliphatic carbocycles. The fraction of sp³-hybridized carbons (Fsp3) is 0.556. The van der Waals surface area contributed by atoms with Crippen LogP contribution in [0.25, 0.3) is 0 Å². The number of halogens is 1. The average molecular weight is 197 g/mol. The smallest absolute Gasteiger partial charge is 0.223 e. The first-order valence-corrected chi connectivity index (χ1v) is 4.49. The van der Waals surface area contributed by atoms with Gasteiger partial charge in [-0.3, -0.25) is 0 Å². The van der Waals surface area contributed by atoms with Crippen molar-refractivity contribution in [2.24, 2.45) is 0 Å². The van der Waals surface area contributed by atoms with E-state index in [2.05, 4.69) is 15.3 Å². The molecule has 0 amide bonds. The highest BCUT2D eigenvalue weighted by Crippen LogP contribution is 2.38. The second-order valence-corrected chi connectivity index (χ2v) is 3.56. The summed E-state index contributed by atoms with van der Waals surface area (Å²) in [5.74, 6) is 0.0353. The van der Waals surface area contributed by atoms with Crippen LogP contribution in [0.1, 0.15) is 12.8 Å². The van der Waals surface area contributed by atoms with Gasteiger partial charge < -0.3 is 10.1 Å². The van der Waals surface area contributed by atoms with Crippen molar-refractivity contribution >= 4 is 5.95 Å².